The van der Waals surface area contributed by atoms with Gasteiger partial charge in [0.05, 0.1) is 18.9 Å². The van der Waals surface area contributed by atoms with Gasteiger partial charge in [0, 0.05) is 5.56 Å². The third kappa shape index (κ3) is 2.18. The molecule has 0 saturated carbocycles. The highest BCUT2D eigenvalue weighted by Crippen LogP contribution is 2.06. The van der Waals surface area contributed by atoms with E-state index in [9.17, 15) is 10.0 Å². The maximum absolute atomic E-state index is 10.9. The third-order valence-electron chi connectivity index (χ3n) is 2.21. The number of hydrogen-bond acceptors (Lipinski definition) is 5. The number of hydroxylamine groups is 2. The van der Waals surface area contributed by atoms with Gasteiger partial charge in [0.25, 0.3) is 0 Å². The first-order chi connectivity index (χ1) is 7.66. The van der Waals surface area contributed by atoms with Crippen LogP contribution in [-0.4, -0.2) is 35.3 Å². The Labute approximate surface area is 91.8 Å². The minimum absolute atomic E-state index is 0.100. The second-order valence-corrected chi connectivity index (χ2v) is 3.35. The van der Waals surface area contributed by atoms with Gasteiger partial charge in [-0.2, -0.15) is 0 Å². The number of carboxylic acids is 1. The number of carbonyl (C=O) groups is 1. The fourth-order valence-corrected chi connectivity index (χ4v) is 1.38. The maximum atomic E-state index is 10.9. The van der Waals surface area contributed by atoms with Gasteiger partial charge >= 0.3 is 5.97 Å². The van der Waals surface area contributed by atoms with E-state index in [1.807, 2.05) is 0 Å². The lowest BCUT2D eigenvalue weighted by Crippen LogP contribution is -2.40. The second kappa shape index (κ2) is 4.30. The Morgan fingerprint density at radius 3 is 2.62 bits per heavy atom. The van der Waals surface area contributed by atoms with Crippen LogP contribution in [0.15, 0.2) is 29.3 Å². The molecular formula is C10H10N3O3-. The number of nitrogens with one attached hydrogen (secondary N) is 1. The fraction of sp³-hybridized carbons (Fsp3) is 0.200. The molecule has 0 aromatic heterocycles. The van der Waals surface area contributed by atoms with Gasteiger partial charge in [-0.25, -0.2) is 4.79 Å². The maximum Gasteiger partial charge on any atom is 0.335 e. The zero-order valence-corrected chi connectivity index (χ0v) is 8.38. The summed E-state index contributed by atoms with van der Waals surface area (Å²) in [6, 6.07) is 6.34. The van der Waals surface area contributed by atoms with Crippen LogP contribution in [0.1, 0.15) is 15.9 Å². The molecule has 0 unspecified atom stereocenters. The Balaban J connectivity index is 2.19. The lowest BCUT2D eigenvalue weighted by Gasteiger charge is -2.31. The Morgan fingerprint density at radius 1 is 1.44 bits per heavy atom. The molecule has 6 nitrogen and oxygen atoms in total. The molecule has 0 amide bonds. The Morgan fingerprint density at radius 2 is 2.12 bits per heavy atom. The van der Waals surface area contributed by atoms with Crippen LogP contribution >= 0.6 is 0 Å². The molecule has 84 valence electrons. The SMILES string of the molecule is O=C(O)c1ccc(C2=NCN([O-])CN2)cc1. The van der Waals surface area contributed by atoms with E-state index in [2.05, 4.69) is 10.3 Å². The van der Waals surface area contributed by atoms with Gasteiger partial charge in [-0.1, -0.05) is 12.1 Å². The largest absolute Gasteiger partial charge is 0.783 e. The average molecular weight is 220 g/mol. The zero-order chi connectivity index (χ0) is 11.5. The first-order valence-corrected chi connectivity index (χ1v) is 4.71. The quantitative estimate of drug-likeness (QED) is 0.755. The van der Waals surface area contributed by atoms with Crippen molar-refractivity contribution in [3.05, 3.63) is 40.6 Å². The van der Waals surface area contributed by atoms with E-state index in [0.29, 0.717) is 5.84 Å². The monoisotopic (exact) mass is 220 g/mol. The number of aliphatic imine (C=N–C) groups is 1. The highest BCUT2D eigenvalue weighted by Gasteiger charge is 2.08. The van der Waals surface area contributed by atoms with Crippen molar-refractivity contribution in [2.45, 2.75) is 0 Å². The van der Waals surface area contributed by atoms with Crippen LogP contribution in [0.5, 0.6) is 0 Å². The molecule has 0 aliphatic carbocycles. The van der Waals surface area contributed by atoms with Crippen LogP contribution in [0.2, 0.25) is 0 Å². The molecule has 1 aliphatic heterocycles. The number of benzene rings is 1. The van der Waals surface area contributed by atoms with Gasteiger partial charge in [0.15, 0.2) is 0 Å². The highest BCUT2D eigenvalue weighted by molar-refractivity contribution is 5.99. The molecule has 0 spiro atoms. The molecule has 0 fully saturated rings. The summed E-state index contributed by atoms with van der Waals surface area (Å²) in [7, 11) is 0. The first-order valence-electron chi connectivity index (χ1n) is 4.71. The van der Waals surface area contributed by atoms with Crippen LogP contribution in [0, 0.1) is 5.21 Å². The molecule has 0 radical (unpaired) electrons. The summed E-state index contributed by atoms with van der Waals surface area (Å²) in [4.78, 5) is 14.7. The minimum Gasteiger partial charge on any atom is -0.783 e. The number of aromatic carboxylic acids is 1. The van der Waals surface area contributed by atoms with Crippen molar-refractivity contribution in [3.63, 3.8) is 0 Å². The molecule has 1 heterocycles. The van der Waals surface area contributed by atoms with Gasteiger partial charge in [-0.05, 0) is 12.1 Å². The summed E-state index contributed by atoms with van der Waals surface area (Å²) in [5.41, 5.74) is 1.00. The average Bonchev–Trinajstić information content (AvgIpc) is 2.30. The van der Waals surface area contributed by atoms with E-state index in [1.165, 1.54) is 12.1 Å². The molecular weight excluding hydrogens is 210 g/mol. The van der Waals surface area contributed by atoms with E-state index in [4.69, 9.17) is 5.11 Å². The van der Waals surface area contributed by atoms with Crippen LogP contribution in [0.4, 0.5) is 0 Å². The summed E-state index contributed by atoms with van der Waals surface area (Å²) < 4.78 is 0. The van der Waals surface area contributed by atoms with Gasteiger partial charge < -0.3 is 20.7 Å². The van der Waals surface area contributed by atoms with Crippen LogP contribution in [0.3, 0.4) is 0 Å². The Kier molecular flexibility index (Phi) is 2.84. The molecule has 2 rings (SSSR count). The number of nitrogens with zero attached hydrogens (tertiary/aromatic N) is 2. The van der Waals surface area contributed by atoms with E-state index in [-0.39, 0.29) is 18.9 Å². The standard InChI is InChI=1S/C10H10N3O3/c14-10(15)8-3-1-7(2-4-8)9-11-5-13(16)6-12-9/h1-4H,5-6H2,(H,11,12)(H,14,15)/q-1. The fourth-order valence-electron chi connectivity index (χ4n) is 1.38. The van der Waals surface area contributed by atoms with Gasteiger partial charge in [-0.3, -0.25) is 4.99 Å². The normalized spacial score (nSPS) is 16.4. The third-order valence-corrected chi connectivity index (χ3v) is 2.21. The van der Waals surface area contributed by atoms with Crippen LogP contribution in [-0.2, 0) is 0 Å². The Bertz CT molecular complexity index is 427. The molecule has 2 N–H and O–H groups in total. The predicted molar refractivity (Wildman–Crippen MR) is 58.0 cm³/mol. The van der Waals surface area contributed by atoms with E-state index in [0.717, 1.165) is 10.6 Å². The van der Waals surface area contributed by atoms with Crippen molar-refractivity contribution < 1.29 is 9.90 Å². The second-order valence-electron chi connectivity index (χ2n) is 3.35. The summed E-state index contributed by atoms with van der Waals surface area (Å²) in [5.74, 6) is -0.347. The molecule has 0 bridgehead atoms. The van der Waals surface area contributed by atoms with Crippen LogP contribution in [0.25, 0.3) is 0 Å². The molecule has 1 aliphatic rings. The molecule has 6 heteroatoms. The van der Waals surface area contributed by atoms with E-state index >= 15 is 0 Å². The number of carboxylic acid groups (broad SMARTS) is 1. The number of hydrogen-bond donors (Lipinski definition) is 2. The Hall–Kier alpha value is -1.92. The molecule has 0 saturated heterocycles. The van der Waals surface area contributed by atoms with Gasteiger partial charge in [-0.15, -0.1) is 0 Å². The first kappa shape index (κ1) is 10.6. The molecule has 1 aromatic rings. The minimum atomic E-state index is -0.962. The predicted octanol–water partition coefficient (Wildman–Crippen LogP) is 0.449. The van der Waals surface area contributed by atoms with E-state index in [1.54, 1.807) is 12.1 Å². The van der Waals surface area contributed by atoms with Crippen molar-refractivity contribution in [1.29, 1.82) is 0 Å². The summed E-state index contributed by atoms with van der Waals surface area (Å²) in [6.07, 6.45) is 0. The van der Waals surface area contributed by atoms with Crippen molar-refractivity contribution in [2.24, 2.45) is 4.99 Å². The number of amidine groups is 1. The van der Waals surface area contributed by atoms with Crippen LogP contribution < -0.4 is 5.32 Å². The number of rotatable bonds is 2. The topological polar surface area (TPSA) is 88.0 Å². The summed E-state index contributed by atoms with van der Waals surface area (Å²) >= 11 is 0. The molecule has 1 aromatic carbocycles. The van der Waals surface area contributed by atoms with Crippen molar-refractivity contribution >= 4 is 11.8 Å². The zero-order valence-electron chi connectivity index (χ0n) is 8.38. The molecule has 0 atom stereocenters. The lowest BCUT2D eigenvalue weighted by molar-refractivity contribution is 0.0697. The summed E-state index contributed by atoms with van der Waals surface area (Å²) in [6.45, 7) is 0.294. The highest BCUT2D eigenvalue weighted by atomic mass is 16.5. The lowest BCUT2D eigenvalue weighted by atomic mass is 10.1. The van der Waals surface area contributed by atoms with Crippen molar-refractivity contribution in [3.8, 4) is 0 Å². The van der Waals surface area contributed by atoms with Crippen molar-refractivity contribution in [1.82, 2.24) is 10.4 Å². The smallest absolute Gasteiger partial charge is 0.335 e. The van der Waals surface area contributed by atoms with Gasteiger partial charge in [0.2, 0.25) is 0 Å². The summed E-state index contributed by atoms with van der Waals surface area (Å²) in [5, 5.41) is 23.2. The van der Waals surface area contributed by atoms with Crippen molar-refractivity contribution in [2.75, 3.05) is 13.3 Å². The van der Waals surface area contributed by atoms with Gasteiger partial charge in [0.1, 0.15) is 5.84 Å². The van der Waals surface area contributed by atoms with E-state index < -0.39 is 5.97 Å². The molecule has 16 heavy (non-hydrogen) atoms.